The van der Waals surface area contributed by atoms with Gasteiger partial charge in [0.25, 0.3) is 0 Å². The van der Waals surface area contributed by atoms with E-state index in [9.17, 15) is 13.2 Å². The van der Waals surface area contributed by atoms with Gasteiger partial charge in [-0.05, 0) is 19.8 Å². The van der Waals surface area contributed by atoms with Gasteiger partial charge < -0.3 is 4.90 Å². The van der Waals surface area contributed by atoms with Crippen molar-refractivity contribution >= 4 is 15.7 Å². The van der Waals surface area contributed by atoms with Gasteiger partial charge in [0.15, 0.2) is 9.84 Å². The Balaban J connectivity index is 2.14. The lowest BCUT2D eigenvalue weighted by Gasteiger charge is -2.29. The van der Waals surface area contributed by atoms with Gasteiger partial charge in [0, 0.05) is 6.04 Å². The molecular formula is C11H20N2O3S. The lowest BCUT2D eigenvalue weighted by molar-refractivity contribution is -0.131. The van der Waals surface area contributed by atoms with Crippen molar-refractivity contribution in [3.8, 4) is 0 Å². The average molecular weight is 260 g/mol. The average Bonchev–Trinajstić information content (AvgIpc) is 2.70. The van der Waals surface area contributed by atoms with Crippen molar-refractivity contribution in [3.63, 3.8) is 0 Å². The van der Waals surface area contributed by atoms with Gasteiger partial charge in [-0.25, -0.2) is 8.42 Å². The van der Waals surface area contributed by atoms with E-state index >= 15 is 0 Å². The van der Waals surface area contributed by atoms with E-state index in [0.717, 1.165) is 12.8 Å². The summed E-state index contributed by atoms with van der Waals surface area (Å²) in [4.78, 5) is 13.8. The van der Waals surface area contributed by atoms with Gasteiger partial charge >= 0.3 is 0 Å². The van der Waals surface area contributed by atoms with Gasteiger partial charge in [0.1, 0.15) is 0 Å². The molecule has 1 amide bonds. The molecule has 0 spiro atoms. The van der Waals surface area contributed by atoms with Crippen LogP contribution >= 0.6 is 0 Å². The van der Waals surface area contributed by atoms with E-state index in [1.807, 2.05) is 6.92 Å². The minimum Gasteiger partial charge on any atom is -0.322 e. The number of nitrogens with one attached hydrogen (secondary N) is 1. The van der Waals surface area contributed by atoms with E-state index < -0.39 is 9.84 Å². The molecule has 0 bridgehead atoms. The molecule has 0 aromatic carbocycles. The first-order chi connectivity index (χ1) is 7.94. The molecule has 98 valence electrons. The summed E-state index contributed by atoms with van der Waals surface area (Å²) in [6, 6.07) is -0.309. The first kappa shape index (κ1) is 12.8. The van der Waals surface area contributed by atoms with Gasteiger partial charge in [-0.2, -0.15) is 0 Å². The van der Waals surface area contributed by atoms with Crippen LogP contribution in [0.1, 0.15) is 33.1 Å². The molecule has 5 nitrogen and oxygen atoms in total. The molecule has 6 heteroatoms. The molecule has 2 saturated heterocycles. The summed E-state index contributed by atoms with van der Waals surface area (Å²) in [5.74, 6) is 0.396. The predicted molar refractivity (Wildman–Crippen MR) is 65.2 cm³/mol. The molecule has 2 rings (SSSR count). The molecule has 2 aliphatic rings. The number of hydrogen-bond donors (Lipinski definition) is 1. The summed E-state index contributed by atoms with van der Waals surface area (Å²) in [6.45, 7) is 3.91. The smallest absolute Gasteiger partial charge is 0.241 e. The molecule has 2 fully saturated rings. The maximum Gasteiger partial charge on any atom is 0.241 e. The minimum absolute atomic E-state index is 0.0146. The van der Waals surface area contributed by atoms with Crippen molar-refractivity contribution < 1.29 is 13.2 Å². The van der Waals surface area contributed by atoms with Crippen molar-refractivity contribution in [1.29, 1.82) is 0 Å². The van der Waals surface area contributed by atoms with Crippen LogP contribution in [0.4, 0.5) is 0 Å². The fraction of sp³-hybridized carbons (Fsp3) is 0.909. The van der Waals surface area contributed by atoms with Crippen molar-refractivity contribution in [3.05, 3.63) is 0 Å². The number of hydrogen-bond acceptors (Lipinski definition) is 4. The van der Waals surface area contributed by atoms with Gasteiger partial charge in [-0.3, -0.25) is 10.1 Å². The summed E-state index contributed by atoms with van der Waals surface area (Å²) >= 11 is 0. The summed E-state index contributed by atoms with van der Waals surface area (Å²) < 4.78 is 23.0. The second-order valence-corrected chi connectivity index (χ2v) is 7.22. The SMILES string of the molecule is CCCC1NC(C)C(=O)N1C1CCS(=O)(=O)C1. The number of sulfone groups is 1. The molecule has 0 aliphatic carbocycles. The summed E-state index contributed by atoms with van der Waals surface area (Å²) in [6.07, 6.45) is 2.46. The molecule has 0 aromatic rings. The van der Waals surface area contributed by atoms with Crippen molar-refractivity contribution in [2.45, 2.75) is 51.4 Å². The Hall–Kier alpha value is -0.620. The van der Waals surface area contributed by atoms with Crippen molar-refractivity contribution in [1.82, 2.24) is 10.2 Å². The number of carbonyl (C=O) groups excluding carboxylic acids is 1. The lowest BCUT2D eigenvalue weighted by Crippen LogP contribution is -2.45. The Morgan fingerprint density at radius 1 is 1.47 bits per heavy atom. The molecule has 3 atom stereocenters. The summed E-state index contributed by atoms with van der Waals surface area (Å²) in [5.41, 5.74) is 0. The first-order valence-corrected chi connectivity index (χ1v) is 8.05. The normalized spacial score (nSPS) is 36.7. The summed E-state index contributed by atoms with van der Waals surface area (Å²) in [5, 5.41) is 3.24. The highest BCUT2D eigenvalue weighted by Crippen LogP contribution is 2.25. The Bertz CT molecular complexity index is 407. The van der Waals surface area contributed by atoms with Crippen LogP contribution in [-0.4, -0.2) is 49.0 Å². The second kappa shape index (κ2) is 4.57. The topological polar surface area (TPSA) is 66.5 Å². The third-order valence-electron chi connectivity index (χ3n) is 3.57. The largest absolute Gasteiger partial charge is 0.322 e. The quantitative estimate of drug-likeness (QED) is 0.783. The zero-order valence-corrected chi connectivity index (χ0v) is 11.2. The fourth-order valence-electron chi connectivity index (χ4n) is 2.74. The third kappa shape index (κ3) is 2.47. The monoisotopic (exact) mass is 260 g/mol. The number of nitrogens with zero attached hydrogens (tertiary/aromatic N) is 1. The Kier molecular flexibility index (Phi) is 3.45. The van der Waals surface area contributed by atoms with Crippen LogP contribution in [0.5, 0.6) is 0 Å². The molecular weight excluding hydrogens is 240 g/mol. The standard InChI is InChI=1S/C11H20N2O3S/c1-3-4-10-12-8(2)11(14)13(10)9-5-6-17(15,16)7-9/h8-10,12H,3-7H2,1-2H3. The van der Waals surface area contributed by atoms with E-state index in [4.69, 9.17) is 0 Å². The Morgan fingerprint density at radius 3 is 2.71 bits per heavy atom. The molecule has 0 radical (unpaired) electrons. The van der Waals surface area contributed by atoms with Crippen LogP contribution < -0.4 is 5.32 Å². The van der Waals surface area contributed by atoms with Crippen LogP contribution in [0.2, 0.25) is 0 Å². The maximum atomic E-state index is 12.1. The zero-order chi connectivity index (χ0) is 12.6. The van der Waals surface area contributed by atoms with Crippen LogP contribution in [0.25, 0.3) is 0 Å². The highest BCUT2D eigenvalue weighted by molar-refractivity contribution is 7.91. The van der Waals surface area contributed by atoms with Crippen LogP contribution in [0, 0.1) is 0 Å². The van der Waals surface area contributed by atoms with Gasteiger partial charge in [0.05, 0.1) is 23.7 Å². The van der Waals surface area contributed by atoms with Crippen LogP contribution in [0.15, 0.2) is 0 Å². The first-order valence-electron chi connectivity index (χ1n) is 6.23. The minimum atomic E-state index is -2.93. The highest BCUT2D eigenvalue weighted by atomic mass is 32.2. The van der Waals surface area contributed by atoms with Gasteiger partial charge in [-0.15, -0.1) is 0 Å². The molecule has 2 aliphatic heterocycles. The van der Waals surface area contributed by atoms with E-state index in [1.54, 1.807) is 4.90 Å². The zero-order valence-electron chi connectivity index (χ0n) is 10.3. The highest BCUT2D eigenvalue weighted by Gasteiger charge is 2.43. The molecule has 3 unspecified atom stereocenters. The summed E-state index contributed by atoms with van der Waals surface area (Å²) in [7, 11) is -2.93. The van der Waals surface area contributed by atoms with E-state index in [-0.39, 0.29) is 35.7 Å². The van der Waals surface area contributed by atoms with E-state index in [2.05, 4.69) is 12.2 Å². The molecule has 17 heavy (non-hydrogen) atoms. The molecule has 0 aromatic heterocycles. The lowest BCUT2D eigenvalue weighted by atomic mass is 10.2. The van der Waals surface area contributed by atoms with Crippen molar-refractivity contribution in [2.24, 2.45) is 0 Å². The van der Waals surface area contributed by atoms with Crippen LogP contribution in [0.3, 0.4) is 0 Å². The Labute approximate surface area is 102 Å². The third-order valence-corrected chi connectivity index (χ3v) is 5.32. The fourth-order valence-corrected chi connectivity index (χ4v) is 4.45. The number of rotatable bonds is 3. The predicted octanol–water partition coefficient (Wildman–Crippen LogP) is 0.120. The van der Waals surface area contributed by atoms with E-state index in [1.165, 1.54) is 0 Å². The molecule has 0 saturated carbocycles. The number of amides is 1. The second-order valence-electron chi connectivity index (χ2n) is 5.00. The number of carbonyl (C=O) groups is 1. The molecule has 1 N–H and O–H groups in total. The molecule has 2 heterocycles. The Morgan fingerprint density at radius 2 is 2.18 bits per heavy atom. The van der Waals surface area contributed by atoms with Gasteiger partial charge in [-0.1, -0.05) is 13.3 Å². The van der Waals surface area contributed by atoms with E-state index in [0.29, 0.717) is 6.42 Å². The van der Waals surface area contributed by atoms with Crippen LogP contribution in [-0.2, 0) is 14.6 Å². The van der Waals surface area contributed by atoms with Gasteiger partial charge in [0.2, 0.25) is 5.91 Å². The maximum absolute atomic E-state index is 12.1. The van der Waals surface area contributed by atoms with Crippen molar-refractivity contribution in [2.75, 3.05) is 11.5 Å².